The van der Waals surface area contributed by atoms with Crippen molar-refractivity contribution in [2.45, 2.75) is 6.04 Å². The fraction of sp³-hybridized carbons (Fsp3) is 0.333. The first kappa shape index (κ1) is 18.5. The van der Waals surface area contributed by atoms with Gasteiger partial charge in [-0.1, -0.05) is 11.6 Å². The highest BCUT2D eigenvalue weighted by molar-refractivity contribution is 7.16. The highest BCUT2D eigenvalue weighted by Gasteiger charge is 2.30. The van der Waals surface area contributed by atoms with E-state index in [2.05, 4.69) is 5.32 Å². The van der Waals surface area contributed by atoms with Crippen molar-refractivity contribution < 1.29 is 13.2 Å². The van der Waals surface area contributed by atoms with Crippen molar-refractivity contribution in [1.82, 2.24) is 10.2 Å². The molecule has 2 nitrogen and oxygen atoms in total. The Morgan fingerprint density at radius 1 is 1.09 bits per heavy atom. The lowest BCUT2D eigenvalue weighted by molar-refractivity contribution is 0.194. The molecule has 0 amide bonds. The summed E-state index contributed by atoms with van der Waals surface area (Å²) >= 11 is 7.26. The second-order valence-electron chi connectivity index (χ2n) is 5.11. The molecule has 1 aromatic carbocycles. The van der Waals surface area contributed by atoms with Gasteiger partial charge in [0.15, 0.2) is 0 Å². The number of nitrogens with one attached hydrogen (secondary N) is 1. The van der Waals surface area contributed by atoms with Gasteiger partial charge in [-0.05, 0) is 12.1 Å². The third-order valence-corrected chi connectivity index (χ3v) is 4.98. The topological polar surface area (TPSA) is 15.3 Å². The van der Waals surface area contributed by atoms with Crippen LogP contribution in [0.1, 0.15) is 16.5 Å². The summed E-state index contributed by atoms with van der Waals surface area (Å²) in [6.07, 6.45) is 0. The van der Waals surface area contributed by atoms with Crippen LogP contribution in [0.3, 0.4) is 0 Å². The molecule has 1 aliphatic rings. The molecule has 0 spiro atoms. The van der Waals surface area contributed by atoms with E-state index in [4.69, 9.17) is 11.6 Å². The van der Waals surface area contributed by atoms with E-state index in [1.165, 1.54) is 11.3 Å². The molecule has 2 heterocycles. The number of halogens is 5. The normalized spacial score (nSPS) is 16.9. The molecule has 1 N–H and O–H groups in total. The minimum atomic E-state index is -0.915. The number of thiophene rings is 1. The second-order valence-corrected chi connectivity index (χ2v) is 6.86. The minimum Gasteiger partial charge on any atom is -0.314 e. The lowest BCUT2D eigenvalue weighted by Gasteiger charge is -2.35. The molecule has 1 saturated heterocycles. The highest BCUT2D eigenvalue weighted by Crippen LogP contribution is 2.37. The van der Waals surface area contributed by atoms with Crippen molar-refractivity contribution in [3.05, 3.63) is 56.5 Å². The van der Waals surface area contributed by atoms with Gasteiger partial charge in [-0.15, -0.1) is 23.7 Å². The maximum absolute atomic E-state index is 14.3. The van der Waals surface area contributed by atoms with Gasteiger partial charge in [-0.3, -0.25) is 4.90 Å². The van der Waals surface area contributed by atoms with Crippen LogP contribution in [-0.4, -0.2) is 31.1 Å². The summed E-state index contributed by atoms with van der Waals surface area (Å²) in [5.74, 6) is -2.65. The first-order valence-electron chi connectivity index (χ1n) is 6.90. The predicted molar refractivity (Wildman–Crippen MR) is 89.2 cm³/mol. The maximum atomic E-state index is 14.3. The van der Waals surface area contributed by atoms with Gasteiger partial charge >= 0.3 is 0 Å². The minimum absolute atomic E-state index is 0. The van der Waals surface area contributed by atoms with Crippen molar-refractivity contribution in [1.29, 1.82) is 0 Å². The molecular formula is C15H15Cl2F3N2S. The lowest BCUT2D eigenvalue weighted by Crippen LogP contribution is -2.45. The van der Waals surface area contributed by atoms with Gasteiger partial charge in [-0.25, -0.2) is 13.2 Å². The van der Waals surface area contributed by atoms with Crippen LogP contribution >= 0.6 is 35.3 Å². The van der Waals surface area contributed by atoms with Crippen LogP contribution in [0, 0.1) is 17.5 Å². The molecular weight excluding hydrogens is 368 g/mol. The zero-order valence-corrected chi connectivity index (χ0v) is 14.4. The van der Waals surface area contributed by atoms with Crippen LogP contribution < -0.4 is 5.32 Å². The Bertz CT molecular complexity index is 651. The monoisotopic (exact) mass is 382 g/mol. The standard InChI is InChI=1S/C15H14ClF3N2S.ClH/c16-13-2-1-12(22-13)15(21-5-3-20-4-6-21)14-10(18)7-9(17)8-11(14)19;/h1-2,7-8,15,20H,3-6H2;1H/t15-;/m0./s1. The van der Waals surface area contributed by atoms with Crippen LogP contribution in [0.5, 0.6) is 0 Å². The number of hydrogen-bond acceptors (Lipinski definition) is 3. The summed E-state index contributed by atoms with van der Waals surface area (Å²) in [5.41, 5.74) is -0.123. The summed E-state index contributed by atoms with van der Waals surface area (Å²) in [6, 6.07) is 4.32. The zero-order chi connectivity index (χ0) is 15.7. The Hall–Kier alpha value is -0.790. The van der Waals surface area contributed by atoms with E-state index < -0.39 is 23.5 Å². The van der Waals surface area contributed by atoms with Crippen molar-refractivity contribution in [3.63, 3.8) is 0 Å². The van der Waals surface area contributed by atoms with Crippen molar-refractivity contribution in [2.24, 2.45) is 0 Å². The van der Waals surface area contributed by atoms with E-state index in [0.29, 0.717) is 17.4 Å². The lowest BCUT2D eigenvalue weighted by atomic mass is 10.0. The Balaban J connectivity index is 0.00000192. The molecule has 1 fully saturated rings. The molecule has 23 heavy (non-hydrogen) atoms. The first-order valence-corrected chi connectivity index (χ1v) is 8.10. The number of piperazine rings is 1. The highest BCUT2D eigenvalue weighted by atomic mass is 35.5. The summed E-state index contributed by atoms with van der Waals surface area (Å²) in [7, 11) is 0. The van der Waals surface area contributed by atoms with Crippen LogP contribution in [0.25, 0.3) is 0 Å². The van der Waals surface area contributed by atoms with Gasteiger partial charge in [0.05, 0.1) is 10.4 Å². The smallest absolute Gasteiger partial charge is 0.134 e. The molecule has 3 rings (SSSR count). The van der Waals surface area contributed by atoms with E-state index in [0.717, 1.165) is 30.1 Å². The summed E-state index contributed by atoms with van der Waals surface area (Å²) in [5, 5.41) is 3.20. The Kier molecular flexibility index (Phi) is 6.33. The van der Waals surface area contributed by atoms with Gasteiger partial charge in [0.2, 0.25) is 0 Å². The van der Waals surface area contributed by atoms with Gasteiger partial charge in [0.25, 0.3) is 0 Å². The number of hydrogen-bond donors (Lipinski definition) is 1. The van der Waals surface area contributed by atoms with Crippen LogP contribution in [0.2, 0.25) is 4.34 Å². The third-order valence-electron chi connectivity index (χ3n) is 3.70. The molecule has 1 atom stereocenters. The second kappa shape index (κ2) is 7.85. The van der Waals surface area contributed by atoms with Gasteiger partial charge < -0.3 is 5.32 Å². The first-order chi connectivity index (χ1) is 10.6. The summed E-state index contributed by atoms with van der Waals surface area (Å²) in [6.45, 7) is 2.77. The van der Waals surface area contributed by atoms with E-state index in [-0.39, 0.29) is 18.0 Å². The fourth-order valence-corrected chi connectivity index (χ4v) is 3.94. The van der Waals surface area contributed by atoms with E-state index in [9.17, 15) is 13.2 Å². The van der Waals surface area contributed by atoms with Gasteiger partial charge in [-0.2, -0.15) is 0 Å². The Labute approximate surface area is 147 Å². The molecule has 0 unspecified atom stereocenters. The van der Waals surface area contributed by atoms with E-state index in [1.54, 1.807) is 12.1 Å². The third kappa shape index (κ3) is 4.00. The maximum Gasteiger partial charge on any atom is 0.134 e. The van der Waals surface area contributed by atoms with Crippen molar-refractivity contribution in [2.75, 3.05) is 26.2 Å². The molecule has 1 aromatic heterocycles. The number of nitrogens with zero attached hydrogens (tertiary/aromatic N) is 1. The van der Waals surface area contributed by atoms with Crippen LogP contribution in [-0.2, 0) is 0 Å². The quantitative estimate of drug-likeness (QED) is 0.853. The summed E-state index contributed by atoms with van der Waals surface area (Å²) < 4.78 is 42.3. The number of benzene rings is 1. The number of rotatable bonds is 3. The average Bonchev–Trinajstić information content (AvgIpc) is 2.89. The molecule has 0 bridgehead atoms. The zero-order valence-electron chi connectivity index (χ0n) is 12.0. The van der Waals surface area contributed by atoms with Gasteiger partial charge in [0, 0.05) is 48.8 Å². The molecule has 0 aliphatic carbocycles. The predicted octanol–water partition coefficient (Wildman–Crippen LogP) is 4.24. The van der Waals surface area contributed by atoms with E-state index >= 15 is 0 Å². The summed E-state index contributed by atoms with van der Waals surface area (Å²) in [4.78, 5) is 2.73. The average molecular weight is 383 g/mol. The Morgan fingerprint density at radius 2 is 1.70 bits per heavy atom. The van der Waals surface area contributed by atoms with Crippen molar-refractivity contribution >= 4 is 35.3 Å². The van der Waals surface area contributed by atoms with Crippen LogP contribution in [0.15, 0.2) is 24.3 Å². The van der Waals surface area contributed by atoms with Crippen LogP contribution in [0.4, 0.5) is 13.2 Å². The SMILES string of the molecule is Cl.Fc1cc(F)c([C@H](c2ccc(Cl)s2)N2CCNCC2)c(F)c1. The van der Waals surface area contributed by atoms with E-state index in [1.807, 2.05) is 4.90 Å². The van der Waals surface area contributed by atoms with Gasteiger partial charge in [0.1, 0.15) is 17.5 Å². The molecule has 2 aromatic rings. The Morgan fingerprint density at radius 3 is 2.22 bits per heavy atom. The largest absolute Gasteiger partial charge is 0.314 e. The fourth-order valence-electron chi connectivity index (χ4n) is 2.73. The molecule has 1 aliphatic heterocycles. The van der Waals surface area contributed by atoms with Crippen molar-refractivity contribution in [3.8, 4) is 0 Å². The molecule has 126 valence electrons. The molecule has 8 heteroatoms. The molecule has 0 radical (unpaired) electrons. The molecule has 0 saturated carbocycles.